The fourth-order valence-corrected chi connectivity index (χ4v) is 2.77. The molecule has 0 bridgehead atoms. The van der Waals surface area contributed by atoms with Gasteiger partial charge >= 0.3 is 6.03 Å². The van der Waals surface area contributed by atoms with Crippen LogP contribution in [0.5, 0.6) is 0 Å². The van der Waals surface area contributed by atoms with Gasteiger partial charge in [-0.2, -0.15) is 10.2 Å². The number of aromatic nitrogens is 5. The van der Waals surface area contributed by atoms with Crippen LogP contribution in [0.4, 0.5) is 10.5 Å². The lowest BCUT2D eigenvalue weighted by molar-refractivity contribution is 0.245. The lowest BCUT2D eigenvalue weighted by Gasteiger charge is -2.20. The van der Waals surface area contributed by atoms with Crippen molar-refractivity contribution in [2.75, 3.05) is 5.32 Å². The van der Waals surface area contributed by atoms with Crippen molar-refractivity contribution in [1.29, 1.82) is 0 Å². The van der Waals surface area contributed by atoms with Crippen molar-refractivity contribution in [3.8, 4) is 5.69 Å². The van der Waals surface area contributed by atoms with E-state index >= 15 is 0 Å². The Morgan fingerprint density at radius 2 is 1.96 bits per heavy atom. The molecule has 2 aromatic heterocycles. The standard InChI is InChI=1S/C18H23N7O/c1-13(2)11-16(17-19-12-21-24(17)3)23-18(26)22-14-5-7-15(8-6-14)25-10-4-9-20-25/h4-10,12-13,16H,11H2,1-3H3,(H2,22,23,26)/t16-/m0/s1. The highest BCUT2D eigenvalue weighted by atomic mass is 16.2. The lowest BCUT2D eigenvalue weighted by atomic mass is 10.0. The number of nitrogens with one attached hydrogen (secondary N) is 2. The molecule has 0 saturated heterocycles. The highest BCUT2D eigenvalue weighted by Crippen LogP contribution is 2.19. The van der Waals surface area contributed by atoms with Gasteiger partial charge in [-0.15, -0.1) is 0 Å². The maximum absolute atomic E-state index is 12.4. The molecule has 0 radical (unpaired) electrons. The third-order valence-electron chi connectivity index (χ3n) is 3.96. The number of urea groups is 1. The van der Waals surface area contributed by atoms with E-state index in [-0.39, 0.29) is 12.1 Å². The molecule has 8 nitrogen and oxygen atoms in total. The molecule has 26 heavy (non-hydrogen) atoms. The van der Waals surface area contributed by atoms with Crippen LogP contribution in [-0.2, 0) is 7.05 Å². The number of amides is 2. The Bertz CT molecular complexity index is 837. The average Bonchev–Trinajstić information content (AvgIpc) is 3.26. The summed E-state index contributed by atoms with van der Waals surface area (Å²) in [5.41, 5.74) is 1.64. The van der Waals surface area contributed by atoms with Crippen molar-refractivity contribution in [3.05, 3.63) is 54.9 Å². The molecule has 1 atom stereocenters. The highest BCUT2D eigenvalue weighted by Gasteiger charge is 2.20. The van der Waals surface area contributed by atoms with Gasteiger partial charge in [0.25, 0.3) is 0 Å². The molecule has 0 fully saturated rings. The molecular formula is C18H23N7O. The van der Waals surface area contributed by atoms with E-state index < -0.39 is 0 Å². The van der Waals surface area contributed by atoms with Crippen LogP contribution in [0.3, 0.4) is 0 Å². The molecular weight excluding hydrogens is 330 g/mol. The molecule has 2 N–H and O–H groups in total. The van der Waals surface area contributed by atoms with Crippen LogP contribution in [0.15, 0.2) is 49.1 Å². The largest absolute Gasteiger partial charge is 0.328 e. The first-order chi connectivity index (χ1) is 12.5. The van der Waals surface area contributed by atoms with Gasteiger partial charge in [0.05, 0.1) is 11.7 Å². The SMILES string of the molecule is CC(C)C[C@H](NC(=O)Nc1ccc(-n2cccn2)cc1)c1ncnn1C. The number of hydrogen-bond donors (Lipinski definition) is 2. The van der Waals surface area contributed by atoms with Crippen molar-refractivity contribution >= 4 is 11.7 Å². The third kappa shape index (κ3) is 4.27. The molecule has 3 aromatic rings. The summed E-state index contributed by atoms with van der Waals surface area (Å²) in [7, 11) is 1.82. The van der Waals surface area contributed by atoms with Crippen molar-refractivity contribution in [2.24, 2.45) is 13.0 Å². The van der Waals surface area contributed by atoms with Crippen LogP contribution in [0.2, 0.25) is 0 Å². The van der Waals surface area contributed by atoms with Crippen molar-refractivity contribution in [1.82, 2.24) is 29.9 Å². The van der Waals surface area contributed by atoms with Gasteiger partial charge in [-0.25, -0.2) is 14.5 Å². The first-order valence-corrected chi connectivity index (χ1v) is 8.54. The van der Waals surface area contributed by atoms with E-state index in [0.29, 0.717) is 11.6 Å². The summed E-state index contributed by atoms with van der Waals surface area (Å²) in [5.74, 6) is 1.15. The van der Waals surface area contributed by atoms with Gasteiger partial charge in [0.15, 0.2) is 0 Å². The van der Waals surface area contributed by atoms with E-state index in [1.165, 1.54) is 6.33 Å². The Morgan fingerprint density at radius 3 is 2.54 bits per heavy atom. The number of rotatable bonds is 6. The van der Waals surface area contributed by atoms with Crippen molar-refractivity contribution < 1.29 is 4.79 Å². The van der Waals surface area contributed by atoms with E-state index in [1.807, 2.05) is 43.6 Å². The molecule has 0 spiro atoms. The molecule has 3 rings (SSSR count). The number of anilines is 1. The van der Waals surface area contributed by atoms with Gasteiger partial charge in [0, 0.05) is 25.1 Å². The van der Waals surface area contributed by atoms with E-state index in [4.69, 9.17) is 0 Å². The van der Waals surface area contributed by atoms with Crippen molar-refractivity contribution in [3.63, 3.8) is 0 Å². The smallest absolute Gasteiger partial charge is 0.319 e. The Hall–Kier alpha value is -3.16. The Kier molecular flexibility index (Phi) is 5.31. The predicted octanol–water partition coefficient (Wildman–Crippen LogP) is 2.91. The molecule has 1 aromatic carbocycles. The van der Waals surface area contributed by atoms with Gasteiger partial charge in [-0.3, -0.25) is 4.68 Å². The zero-order chi connectivity index (χ0) is 18.5. The van der Waals surface area contributed by atoms with Crippen LogP contribution in [0.1, 0.15) is 32.1 Å². The van der Waals surface area contributed by atoms with E-state index in [9.17, 15) is 4.79 Å². The summed E-state index contributed by atoms with van der Waals surface area (Å²) >= 11 is 0. The van der Waals surface area contributed by atoms with E-state index in [1.54, 1.807) is 15.6 Å². The molecule has 0 aliphatic heterocycles. The van der Waals surface area contributed by atoms with Gasteiger partial charge in [-0.05, 0) is 42.7 Å². The molecule has 136 valence electrons. The topological polar surface area (TPSA) is 89.7 Å². The number of carbonyl (C=O) groups excluding carboxylic acids is 1. The Morgan fingerprint density at radius 1 is 1.19 bits per heavy atom. The molecule has 0 saturated carbocycles. The predicted molar refractivity (Wildman–Crippen MR) is 98.9 cm³/mol. The number of aryl methyl sites for hydroxylation is 1. The first kappa shape index (κ1) is 17.7. The van der Waals surface area contributed by atoms with Gasteiger partial charge in [0.1, 0.15) is 12.2 Å². The summed E-state index contributed by atoms with van der Waals surface area (Å²) in [4.78, 5) is 16.7. The van der Waals surface area contributed by atoms with Gasteiger partial charge < -0.3 is 10.6 Å². The summed E-state index contributed by atoms with van der Waals surface area (Å²) in [6, 6.07) is 8.87. The minimum absolute atomic E-state index is 0.203. The minimum atomic E-state index is -0.273. The van der Waals surface area contributed by atoms with Crippen LogP contribution >= 0.6 is 0 Å². The lowest BCUT2D eigenvalue weighted by Crippen LogP contribution is -2.34. The van der Waals surface area contributed by atoms with Crippen molar-refractivity contribution in [2.45, 2.75) is 26.3 Å². The van der Waals surface area contributed by atoms with Crippen LogP contribution in [0.25, 0.3) is 5.69 Å². The summed E-state index contributed by atoms with van der Waals surface area (Å²) in [6.07, 6.45) is 5.86. The second-order valence-corrected chi connectivity index (χ2v) is 6.52. The van der Waals surface area contributed by atoms with Crippen LogP contribution < -0.4 is 10.6 Å². The fourth-order valence-electron chi connectivity index (χ4n) is 2.77. The average molecular weight is 353 g/mol. The summed E-state index contributed by atoms with van der Waals surface area (Å²) in [6.45, 7) is 4.22. The van der Waals surface area contributed by atoms with Crippen LogP contribution in [0, 0.1) is 5.92 Å². The zero-order valence-corrected chi connectivity index (χ0v) is 15.1. The zero-order valence-electron chi connectivity index (χ0n) is 15.1. The quantitative estimate of drug-likeness (QED) is 0.713. The van der Waals surface area contributed by atoms with Gasteiger partial charge in [0.2, 0.25) is 0 Å². The second kappa shape index (κ2) is 7.81. The molecule has 0 aliphatic carbocycles. The minimum Gasteiger partial charge on any atom is -0.328 e. The second-order valence-electron chi connectivity index (χ2n) is 6.52. The number of benzene rings is 1. The molecule has 2 heterocycles. The molecule has 0 unspecified atom stereocenters. The normalized spacial score (nSPS) is 12.2. The number of hydrogen-bond acceptors (Lipinski definition) is 4. The maximum Gasteiger partial charge on any atom is 0.319 e. The highest BCUT2D eigenvalue weighted by molar-refractivity contribution is 5.89. The fraction of sp³-hybridized carbons (Fsp3) is 0.333. The van der Waals surface area contributed by atoms with E-state index in [0.717, 1.165) is 17.9 Å². The summed E-state index contributed by atoms with van der Waals surface area (Å²) in [5, 5.41) is 14.1. The number of carbonyl (C=O) groups is 1. The summed E-state index contributed by atoms with van der Waals surface area (Å²) < 4.78 is 3.45. The third-order valence-corrected chi connectivity index (χ3v) is 3.96. The maximum atomic E-state index is 12.4. The molecule has 8 heteroatoms. The monoisotopic (exact) mass is 353 g/mol. The van der Waals surface area contributed by atoms with Crippen LogP contribution in [-0.4, -0.2) is 30.6 Å². The van der Waals surface area contributed by atoms with Gasteiger partial charge in [-0.1, -0.05) is 13.8 Å². The number of nitrogens with zero attached hydrogens (tertiary/aromatic N) is 5. The Balaban J connectivity index is 1.65. The van der Waals surface area contributed by atoms with E-state index in [2.05, 4.69) is 39.7 Å². The molecule has 2 amide bonds. The first-order valence-electron chi connectivity index (χ1n) is 8.54. The Labute approximate surface area is 152 Å². The molecule has 0 aliphatic rings.